The van der Waals surface area contributed by atoms with Crippen molar-refractivity contribution in [3.05, 3.63) is 90.0 Å². The summed E-state index contributed by atoms with van der Waals surface area (Å²) in [7, 11) is 0. The van der Waals surface area contributed by atoms with Crippen molar-refractivity contribution in [2.75, 3.05) is 0 Å². The second-order valence-corrected chi connectivity index (χ2v) is 5.75. The van der Waals surface area contributed by atoms with Crippen LogP contribution < -0.4 is 4.57 Å². The Hall–Kier alpha value is -1.87. The highest BCUT2D eigenvalue weighted by molar-refractivity contribution is 9.08. The molecule has 2 nitrogen and oxygen atoms in total. The summed E-state index contributed by atoms with van der Waals surface area (Å²) in [5.74, 6) is 0. The molecule has 0 aliphatic rings. The summed E-state index contributed by atoms with van der Waals surface area (Å²) in [6.07, 6.45) is 6.41. The van der Waals surface area contributed by atoms with E-state index in [1.807, 2.05) is 0 Å². The first-order valence-corrected chi connectivity index (χ1v) is 8.18. The van der Waals surface area contributed by atoms with Gasteiger partial charge in [0.2, 0.25) is 6.33 Å². The van der Waals surface area contributed by atoms with E-state index in [1.165, 1.54) is 16.7 Å². The van der Waals surface area contributed by atoms with Gasteiger partial charge in [-0.1, -0.05) is 70.5 Å². The summed E-state index contributed by atoms with van der Waals surface area (Å²) >= 11 is 3.48. The lowest BCUT2D eigenvalue weighted by atomic mass is 10.1. The molecule has 21 heavy (non-hydrogen) atoms. The van der Waals surface area contributed by atoms with Crippen LogP contribution in [0.4, 0.5) is 0 Å². The molecule has 3 rings (SSSR count). The summed E-state index contributed by atoms with van der Waals surface area (Å²) in [4.78, 5) is 0. The summed E-state index contributed by atoms with van der Waals surface area (Å²) in [6.45, 7) is 1.82. The number of rotatable bonds is 5. The van der Waals surface area contributed by atoms with Gasteiger partial charge in [0.15, 0.2) is 0 Å². The zero-order valence-electron chi connectivity index (χ0n) is 11.8. The molecule has 0 N–H and O–H groups in total. The zero-order valence-corrected chi connectivity index (χ0v) is 13.4. The summed E-state index contributed by atoms with van der Waals surface area (Å²) in [5.41, 5.74) is 3.95. The molecule has 0 aliphatic heterocycles. The van der Waals surface area contributed by atoms with Crippen molar-refractivity contribution in [2.45, 2.75) is 18.4 Å². The Kier molecular flexibility index (Phi) is 4.51. The Morgan fingerprint density at radius 1 is 0.857 bits per heavy atom. The Labute approximate surface area is 133 Å². The number of nitrogens with zero attached hydrogens (tertiary/aromatic N) is 2. The molecule has 0 radical (unpaired) electrons. The van der Waals surface area contributed by atoms with E-state index >= 15 is 0 Å². The van der Waals surface area contributed by atoms with E-state index in [1.54, 1.807) is 0 Å². The molecule has 0 saturated heterocycles. The fourth-order valence-electron chi connectivity index (χ4n) is 2.36. The average Bonchev–Trinajstić information content (AvgIpc) is 2.96. The van der Waals surface area contributed by atoms with Crippen molar-refractivity contribution in [3.8, 4) is 0 Å². The first-order valence-electron chi connectivity index (χ1n) is 7.06. The lowest BCUT2D eigenvalue weighted by Crippen LogP contribution is -2.31. The maximum atomic E-state index is 3.48. The second kappa shape index (κ2) is 6.72. The minimum atomic E-state index is 0.907. The Bertz CT molecular complexity index is 687. The van der Waals surface area contributed by atoms with Crippen LogP contribution in [0.1, 0.15) is 16.7 Å². The Balaban J connectivity index is 1.67. The highest BCUT2D eigenvalue weighted by Crippen LogP contribution is 2.09. The standard InChI is InChI=1S/C18H18BrN2/c19-12-16-6-8-18(9-7-16)14-21-11-10-20(15-21)13-17-4-2-1-3-5-17/h1-11,15H,12-14H2/q+1. The van der Waals surface area contributed by atoms with E-state index in [4.69, 9.17) is 0 Å². The van der Waals surface area contributed by atoms with E-state index in [0.29, 0.717) is 0 Å². The highest BCUT2D eigenvalue weighted by atomic mass is 79.9. The third-order valence-electron chi connectivity index (χ3n) is 3.50. The van der Waals surface area contributed by atoms with Gasteiger partial charge in [0.1, 0.15) is 25.5 Å². The lowest BCUT2D eigenvalue weighted by molar-refractivity contribution is -0.687. The molecule has 0 amide bonds. The van der Waals surface area contributed by atoms with Crippen LogP contribution in [-0.2, 0) is 18.4 Å². The van der Waals surface area contributed by atoms with Crippen molar-refractivity contribution in [2.24, 2.45) is 0 Å². The van der Waals surface area contributed by atoms with Crippen LogP contribution in [0.3, 0.4) is 0 Å². The van der Waals surface area contributed by atoms with Crippen LogP contribution in [0.15, 0.2) is 73.3 Å². The lowest BCUT2D eigenvalue weighted by Gasteiger charge is -2.00. The molecule has 0 atom stereocenters. The van der Waals surface area contributed by atoms with Gasteiger partial charge < -0.3 is 0 Å². The minimum absolute atomic E-state index is 0.907. The van der Waals surface area contributed by atoms with Gasteiger partial charge in [-0.05, 0) is 16.7 Å². The largest absolute Gasteiger partial charge is 0.244 e. The van der Waals surface area contributed by atoms with Gasteiger partial charge in [0.05, 0.1) is 0 Å². The van der Waals surface area contributed by atoms with E-state index < -0.39 is 0 Å². The fraction of sp³-hybridized carbons (Fsp3) is 0.167. The zero-order chi connectivity index (χ0) is 14.5. The molecule has 0 saturated carbocycles. The third-order valence-corrected chi connectivity index (χ3v) is 4.14. The number of benzene rings is 2. The van der Waals surface area contributed by atoms with E-state index in [9.17, 15) is 0 Å². The second-order valence-electron chi connectivity index (χ2n) is 5.19. The summed E-state index contributed by atoms with van der Waals surface area (Å²) in [5, 5.41) is 0.911. The Morgan fingerprint density at radius 2 is 1.57 bits per heavy atom. The van der Waals surface area contributed by atoms with E-state index in [-0.39, 0.29) is 0 Å². The van der Waals surface area contributed by atoms with Gasteiger partial charge in [-0.15, -0.1) is 0 Å². The van der Waals surface area contributed by atoms with Crippen molar-refractivity contribution in [3.63, 3.8) is 0 Å². The molecule has 3 heteroatoms. The van der Waals surface area contributed by atoms with Crippen molar-refractivity contribution in [1.82, 2.24) is 4.57 Å². The first-order chi connectivity index (χ1) is 10.3. The van der Waals surface area contributed by atoms with Crippen molar-refractivity contribution >= 4 is 15.9 Å². The topological polar surface area (TPSA) is 8.81 Å². The van der Waals surface area contributed by atoms with Crippen molar-refractivity contribution < 1.29 is 4.57 Å². The maximum Gasteiger partial charge on any atom is 0.244 e. The molecule has 0 aliphatic carbocycles. The third kappa shape index (κ3) is 3.82. The quantitative estimate of drug-likeness (QED) is 0.493. The highest BCUT2D eigenvalue weighted by Gasteiger charge is 2.05. The van der Waals surface area contributed by atoms with Gasteiger partial charge in [0, 0.05) is 5.33 Å². The summed E-state index contributed by atoms with van der Waals surface area (Å²) < 4.78 is 4.42. The molecular formula is C18H18BrN2+. The van der Waals surface area contributed by atoms with Crippen LogP contribution in [-0.4, -0.2) is 4.57 Å². The fourth-order valence-corrected chi connectivity index (χ4v) is 2.74. The molecule has 0 unspecified atom stereocenters. The van der Waals surface area contributed by atoms with Crippen molar-refractivity contribution in [1.29, 1.82) is 0 Å². The van der Waals surface area contributed by atoms with Gasteiger partial charge in [-0.2, -0.15) is 0 Å². The molecule has 0 bridgehead atoms. The minimum Gasteiger partial charge on any atom is -0.233 e. The molecule has 1 heterocycles. The molecule has 0 spiro atoms. The van der Waals surface area contributed by atoms with Gasteiger partial charge >= 0.3 is 0 Å². The number of hydrogen-bond acceptors (Lipinski definition) is 0. The van der Waals surface area contributed by atoms with Crippen LogP contribution in [0.2, 0.25) is 0 Å². The number of aromatic nitrogens is 2. The smallest absolute Gasteiger partial charge is 0.233 e. The van der Waals surface area contributed by atoms with Crippen LogP contribution >= 0.6 is 15.9 Å². The number of imidazole rings is 1. The molecule has 3 aromatic rings. The normalized spacial score (nSPS) is 10.7. The van der Waals surface area contributed by atoms with Crippen LogP contribution in [0.25, 0.3) is 0 Å². The predicted molar refractivity (Wildman–Crippen MR) is 88.3 cm³/mol. The SMILES string of the molecule is BrCc1ccc(Cn2cc[n+](Cc3ccccc3)c2)cc1. The first kappa shape index (κ1) is 14.1. The molecule has 106 valence electrons. The van der Waals surface area contributed by atoms with E-state index in [0.717, 1.165) is 18.4 Å². The maximum absolute atomic E-state index is 3.48. The molecule has 0 fully saturated rings. The van der Waals surface area contributed by atoms with E-state index in [2.05, 4.69) is 98.4 Å². The Morgan fingerprint density at radius 3 is 2.29 bits per heavy atom. The average molecular weight is 342 g/mol. The number of hydrogen-bond donors (Lipinski definition) is 0. The number of alkyl halides is 1. The number of halogens is 1. The molecule has 2 aromatic carbocycles. The van der Waals surface area contributed by atoms with Gasteiger partial charge in [0.25, 0.3) is 0 Å². The molecule has 1 aromatic heterocycles. The predicted octanol–water partition coefficient (Wildman–Crippen LogP) is 3.77. The van der Waals surface area contributed by atoms with Crippen LogP contribution in [0.5, 0.6) is 0 Å². The summed E-state index contributed by atoms with van der Waals surface area (Å²) in [6, 6.07) is 19.3. The molecular weight excluding hydrogens is 324 g/mol. The van der Waals surface area contributed by atoms with Crippen LogP contribution in [0, 0.1) is 0 Å². The van der Waals surface area contributed by atoms with Gasteiger partial charge in [-0.25, -0.2) is 9.13 Å². The monoisotopic (exact) mass is 341 g/mol. The van der Waals surface area contributed by atoms with Gasteiger partial charge in [-0.3, -0.25) is 0 Å².